The summed E-state index contributed by atoms with van der Waals surface area (Å²) in [5.41, 5.74) is 0.817. The monoisotopic (exact) mass is 318 g/mol. The van der Waals surface area contributed by atoms with Crippen LogP contribution in [-0.4, -0.2) is 42.1 Å². The maximum Gasteiger partial charge on any atom is 0.328 e. The van der Waals surface area contributed by atoms with Gasteiger partial charge >= 0.3 is 5.97 Å². The molecule has 3 N–H and O–H groups in total. The van der Waals surface area contributed by atoms with Crippen LogP contribution >= 0.6 is 0 Å². The summed E-state index contributed by atoms with van der Waals surface area (Å²) in [6, 6.07) is 6.41. The van der Waals surface area contributed by atoms with Gasteiger partial charge in [0.1, 0.15) is 0 Å². The first-order chi connectivity index (χ1) is 11.0. The third-order valence-electron chi connectivity index (χ3n) is 3.28. The van der Waals surface area contributed by atoms with Crippen LogP contribution < -0.4 is 10.6 Å². The van der Waals surface area contributed by atoms with Crippen LogP contribution in [-0.2, 0) is 14.3 Å². The molecule has 0 aromatic heterocycles. The molecular weight excluding hydrogens is 300 g/mol. The summed E-state index contributed by atoms with van der Waals surface area (Å²) in [6.07, 6.45) is 3.65. The number of amides is 2. The molecule has 23 heavy (non-hydrogen) atoms. The van der Waals surface area contributed by atoms with E-state index in [-0.39, 0.29) is 12.0 Å². The molecule has 1 aromatic carbocycles. The molecule has 2 rings (SSSR count). The number of hydrogen-bond acceptors (Lipinski definition) is 4. The van der Waals surface area contributed by atoms with Gasteiger partial charge in [-0.05, 0) is 31.0 Å². The number of rotatable bonds is 6. The molecule has 0 bridgehead atoms. The Hall–Kier alpha value is -2.67. The molecule has 2 amide bonds. The van der Waals surface area contributed by atoms with Crippen molar-refractivity contribution in [3.05, 3.63) is 42.0 Å². The average molecular weight is 318 g/mol. The molecule has 1 aromatic rings. The van der Waals surface area contributed by atoms with E-state index in [1.165, 1.54) is 6.07 Å². The van der Waals surface area contributed by atoms with Crippen molar-refractivity contribution in [1.29, 1.82) is 0 Å². The van der Waals surface area contributed by atoms with E-state index in [0.29, 0.717) is 17.8 Å². The molecular formula is C16H18N2O5. The summed E-state index contributed by atoms with van der Waals surface area (Å²) in [5, 5.41) is 13.8. The zero-order valence-corrected chi connectivity index (χ0v) is 12.5. The highest BCUT2D eigenvalue weighted by molar-refractivity contribution is 6.03. The third-order valence-corrected chi connectivity index (χ3v) is 3.28. The molecule has 0 unspecified atom stereocenters. The Morgan fingerprint density at radius 1 is 1.30 bits per heavy atom. The molecule has 0 aliphatic carbocycles. The molecule has 122 valence electrons. The normalized spacial score (nSPS) is 17.1. The van der Waals surface area contributed by atoms with E-state index in [1.54, 1.807) is 18.2 Å². The Balaban J connectivity index is 1.91. The molecule has 1 heterocycles. The van der Waals surface area contributed by atoms with Gasteiger partial charge in [-0.1, -0.05) is 6.07 Å². The van der Waals surface area contributed by atoms with Crippen LogP contribution in [0.2, 0.25) is 0 Å². The second kappa shape index (κ2) is 8.09. The summed E-state index contributed by atoms with van der Waals surface area (Å²) in [6.45, 7) is 1.18. The lowest BCUT2D eigenvalue weighted by Crippen LogP contribution is -2.31. The highest BCUT2D eigenvalue weighted by Crippen LogP contribution is 2.13. The van der Waals surface area contributed by atoms with Crippen LogP contribution in [0.5, 0.6) is 0 Å². The van der Waals surface area contributed by atoms with Gasteiger partial charge in [0.2, 0.25) is 5.91 Å². The minimum absolute atomic E-state index is 0.0583. The van der Waals surface area contributed by atoms with Crippen molar-refractivity contribution < 1.29 is 24.2 Å². The predicted molar refractivity (Wildman–Crippen MR) is 83.2 cm³/mol. The van der Waals surface area contributed by atoms with Crippen molar-refractivity contribution >= 4 is 23.5 Å². The number of hydrogen-bond donors (Lipinski definition) is 3. The molecule has 1 fully saturated rings. The lowest BCUT2D eigenvalue weighted by Gasteiger charge is -2.11. The van der Waals surface area contributed by atoms with E-state index in [0.717, 1.165) is 31.6 Å². The van der Waals surface area contributed by atoms with Crippen molar-refractivity contribution in [3.63, 3.8) is 0 Å². The number of benzene rings is 1. The van der Waals surface area contributed by atoms with Crippen LogP contribution in [0.3, 0.4) is 0 Å². The van der Waals surface area contributed by atoms with Gasteiger partial charge in [-0.3, -0.25) is 9.59 Å². The molecule has 0 radical (unpaired) electrons. The fourth-order valence-corrected chi connectivity index (χ4v) is 2.18. The number of aliphatic carboxylic acids is 1. The van der Waals surface area contributed by atoms with Crippen LogP contribution in [0.1, 0.15) is 23.2 Å². The van der Waals surface area contributed by atoms with Gasteiger partial charge in [0, 0.05) is 36.6 Å². The zero-order chi connectivity index (χ0) is 16.7. The Kier molecular flexibility index (Phi) is 5.87. The molecule has 0 saturated carbocycles. The van der Waals surface area contributed by atoms with Gasteiger partial charge in [0.25, 0.3) is 5.91 Å². The molecule has 1 saturated heterocycles. The Morgan fingerprint density at radius 2 is 2.13 bits per heavy atom. The minimum Gasteiger partial charge on any atom is -0.478 e. The van der Waals surface area contributed by atoms with Gasteiger partial charge in [0.05, 0.1) is 6.10 Å². The van der Waals surface area contributed by atoms with Crippen molar-refractivity contribution in [2.45, 2.75) is 18.9 Å². The van der Waals surface area contributed by atoms with Gasteiger partial charge in [-0.2, -0.15) is 0 Å². The Morgan fingerprint density at radius 3 is 2.83 bits per heavy atom. The van der Waals surface area contributed by atoms with Gasteiger partial charge in [0.15, 0.2) is 0 Å². The average Bonchev–Trinajstić information content (AvgIpc) is 3.04. The molecule has 0 spiro atoms. The van der Waals surface area contributed by atoms with Gasteiger partial charge < -0.3 is 20.5 Å². The number of carboxylic acids is 1. The highest BCUT2D eigenvalue weighted by Gasteiger charge is 2.16. The van der Waals surface area contributed by atoms with Crippen molar-refractivity contribution in [3.8, 4) is 0 Å². The molecule has 1 atom stereocenters. The first-order valence-corrected chi connectivity index (χ1v) is 7.26. The van der Waals surface area contributed by atoms with E-state index in [9.17, 15) is 14.4 Å². The fourth-order valence-electron chi connectivity index (χ4n) is 2.18. The highest BCUT2D eigenvalue weighted by atomic mass is 16.5. The summed E-state index contributed by atoms with van der Waals surface area (Å²) in [7, 11) is 0. The second-order valence-corrected chi connectivity index (χ2v) is 5.09. The van der Waals surface area contributed by atoms with Crippen molar-refractivity contribution in [1.82, 2.24) is 5.32 Å². The summed E-state index contributed by atoms with van der Waals surface area (Å²) >= 11 is 0. The molecule has 7 heteroatoms. The number of ether oxygens (including phenoxy) is 1. The Labute approximate surface area is 133 Å². The number of carbonyl (C=O) groups excluding carboxylic acids is 2. The number of anilines is 1. The topological polar surface area (TPSA) is 105 Å². The fraction of sp³-hybridized carbons (Fsp3) is 0.312. The van der Waals surface area contributed by atoms with Gasteiger partial charge in [-0.25, -0.2) is 4.79 Å². The third kappa shape index (κ3) is 5.55. The number of carboxylic acid groups (broad SMARTS) is 1. The van der Waals surface area contributed by atoms with E-state index in [1.807, 2.05) is 0 Å². The van der Waals surface area contributed by atoms with Crippen molar-refractivity contribution in [2.24, 2.45) is 0 Å². The van der Waals surface area contributed by atoms with Crippen LogP contribution in [0.4, 0.5) is 5.69 Å². The maximum atomic E-state index is 12.1. The molecule has 1 aliphatic heterocycles. The largest absolute Gasteiger partial charge is 0.478 e. The van der Waals surface area contributed by atoms with Crippen LogP contribution in [0.25, 0.3) is 0 Å². The first-order valence-electron chi connectivity index (χ1n) is 7.26. The summed E-state index contributed by atoms with van der Waals surface area (Å²) in [5.74, 6) is -2.04. The smallest absolute Gasteiger partial charge is 0.328 e. The van der Waals surface area contributed by atoms with E-state index >= 15 is 0 Å². The van der Waals surface area contributed by atoms with Gasteiger partial charge in [-0.15, -0.1) is 0 Å². The van der Waals surface area contributed by atoms with E-state index in [2.05, 4.69) is 10.6 Å². The standard InChI is InChI=1S/C16H18N2O5/c19-14(6-7-15(20)21)18-12-4-1-3-11(9-12)16(22)17-10-13-5-2-8-23-13/h1,3-4,6-7,9,13H,2,5,8,10H2,(H,17,22)(H,18,19)(H,20,21)/b7-6+/t13-/m1/s1. The SMILES string of the molecule is O=C(O)/C=C/C(=O)Nc1cccc(C(=O)NC[C@H]2CCCO2)c1. The predicted octanol–water partition coefficient (Wildman–Crippen LogP) is 1.17. The summed E-state index contributed by atoms with van der Waals surface area (Å²) in [4.78, 5) is 34.0. The lowest BCUT2D eigenvalue weighted by atomic mass is 10.1. The lowest BCUT2D eigenvalue weighted by molar-refractivity contribution is -0.131. The maximum absolute atomic E-state index is 12.1. The van der Waals surface area contributed by atoms with E-state index in [4.69, 9.17) is 9.84 Å². The van der Waals surface area contributed by atoms with Crippen LogP contribution in [0.15, 0.2) is 36.4 Å². The first kappa shape index (κ1) is 16.7. The molecule has 7 nitrogen and oxygen atoms in total. The molecule has 1 aliphatic rings. The summed E-state index contributed by atoms with van der Waals surface area (Å²) < 4.78 is 5.43. The number of nitrogens with one attached hydrogen (secondary N) is 2. The Bertz CT molecular complexity index is 621. The quantitative estimate of drug-likeness (QED) is 0.683. The second-order valence-electron chi connectivity index (χ2n) is 5.09. The van der Waals surface area contributed by atoms with E-state index < -0.39 is 11.9 Å². The van der Waals surface area contributed by atoms with Crippen molar-refractivity contribution in [2.75, 3.05) is 18.5 Å². The van der Waals surface area contributed by atoms with Crippen LogP contribution in [0, 0.1) is 0 Å². The number of carbonyl (C=O) groups is 3. The zero-order valence-electron chi connectivity index (χ0n) is 12.5. The minimum atomic E-state index is -1.21.